The Morgan fingerprint density at radius 3 is 2.63 bits per heavy atom. The number of carbonyl (C=O) groups excluding carboxylic acids is 2. The number of methoxy groups -OCH3 is 1. The first-order chi connectivity index (χ1) is 13.2. The number of aryl methyl sites for hydroxylation is 2. The number of fused-ring (bicyclic) bond motifs is 2. The third kappa shape index (κ3) is 3.48. The number of nitrogens with zero attached hydrogens (tertiary/aromatic N) is 1. The molecule has 140 valence electrons. The molecule has 2 aliphatic rings. The normalized spacial score (nSPS) is 15.7. The largest absolute Gasteiger partial charge is 0.465 e. The van der Waals surface area contributed by atoms with Crippen LogP contribution in [-0.4, -0.2) is 25.5 Å². The maximum atomic E-state index is 13.1. The zero-order valence-electron chi connectivity index (χ0n) is 15.8. The van der Waals surface area contributed by atoms with Crippen LogP contribution in [0.5, 0.6) is 0 Å². The van der Waals surface area contributed by atoms with Gasteiger partial charge >= 0.3 is 5.97 Å². The fraction of sp³-hybridized carbons (Fsp3) is 0.391. The van der Waals surface area contributed by atoms with Crippen molar-refractivity contribution in [3.05, 3.63) is 64.2 Å². The van der Waals surface area contributed by atoms with Crippen LogP contribution in [0.4, 0.5) is 5.69 Å². The van der Waals surface area contributed by atoms with Crippen LogP contribution in [-0.2, 0) is 35.2 Å². The lowest BCUT2D eigenvalue weighted by molar-refractivity contribution is -0.118. The van der Waals surface area contributed by atoms with E-state index in [0.29, 0.717) is 18.5 Å². The van der Waals surface area contributed by atoms with Crippen LogP contribution in [0.15, 0.2) is 36.4 Å². The van der Waals surface area contributed by atoms with E-state index in [0.717, 1.165) is 42.5 Å². The van der Waals surface area contributed by atoms with E-state index < -0.39 is 0 Å². The van der Waals surface area contributed by atoms with Gasteiger partial charge in [-0.25, -0.2) is 4.79 Å². The van der Waals surface area contributed by atoms with Crippen LogP contribution < -0.4 is 4.90 Å². The van der Waals surface area contributed by atoms with Crippen molar-refractivity contribution in [2.75, 3.05) is 18.6 Å². The zero-order valence-corrected chi connectivity index (χ0v) is 15.8. The highest BCUT2D eigenvalue weighted by Gasteiger charge is 2.26. The number of carbonyl (C=O) groups is 2. The van der Waals surface area contributed by atoms with Crippen molar-refractivity contribution >= 4 is 17.6 Å². The second-order valence-corrected chi connectivity index (χ2v) is 7.43. The van der Waals surface area contributed by atoms with E-state index >= 15 is 0 Å². The van der Waals surface area contributed by atoms with Crippen molar-refractivity contribution in [2.45, 2.75) is 44.9 Å². The van der Waals surface area contributed by atoms with Crippen LogP contribution >= 0.6 is 0 Å². The molecule has 0 fully saturated rings. The molecule has 0 radical (unpaired) electrons. The fourth-order valence-electron chi connectivity index (χ4n) is 4.35. The van der Waals surface area contributed by atoms with E-state index in [9.17, 15) is 9.59 Å². The number of ether oxygens (including phenoxy) is 1. The van der Waals surface area contributed by atoms with Gasteiger partial charge < -0.3 is 9.64 Å². The summed E-state index contributed by atoms with van der Waals surface area (Å²) in [6, 6.07) is 12.0. The minimum atomic E-state index is -0.337. The highest BCUT2D eigenvalue weighted by Crippen LogP contribution is 2.31. The number of anilines is 1. The Hall–Kier alpha value is -2.62. The van der Waals surface area contributed by atoms with Crippen LogP contribution in [0, 0.1) is 0 Å². The van der Waals surface area contributed by atoms with Crippen molar-refractivity contribution < 1.29 is 14.3 Å². The third-order valence-electron chi connectivity index (χ3n) is 5.73. The van der Waals surface area contributed by atoms with E-state index in [1.807, 2.05) is 17.0 Å². The van der Waals surface area contributed by atoms with E-state index in [1.165, 1.54) is 31.1 Å². The van der Waals surface area contributed by atoms with Gasteiger partial charge in [0.25, 0.3) is 0 Å². The van der Waals surface area contributed by atoms with E-state index in [-0.39, 0.29) is 11.9 Å². The summed E-state index contributed by atoms with van der Waals surface area (Å²) in [6.45, 7) is 0.696. The highest BCUT2D eigenvalue weighted by molar-refractivity contribution is 5.99. The Balaban J connectivity index is 1.58. The maximum absolute atomic E-state index is 13.1. The van der Waals surface area contributed by atoms with Crippen molar-refractivity contribution in [1.82, 2.24) is 0 Å². The predicted molar refractivity (Wildman–Crippen MR) is 105 cm³/mol. The summed E-state index contributed by atoms with van der Waals surface area (Å²) < 4.78 is 4.90. The SMILES string of the molecule is COC(=O)c1cccc2c1CCCN2C(=O)Cc1ccc2c(c1)CCCC2. The number of rotatable bonds is 3. The maximum Gasteiger partial charge on any atom is 0.338 e. The molecule has 0 atom stereocenters. The number of hydrogen-bond donors (Lipinski definition) is 0. The number of benzene rings is 2. The van der Waals surface area contributed by atoms with Crippen LogP contribution in [0.3, 0.4) is 0 Å². The lowest BCUT2D eigenvalue weighted by atomic mass is 9.89. The van der Waals surface area contributed by atoms with Gasteiger partial charge in [0.2, 0.25) is 5.91 Å². The molecule has 2 aromatic carbocycles. The van der Waals surface area contributed by atoms with E-state index in [4.69, 9.17) is 4.74 Å². The van der Waals surface area contributed by atoms with Gasteiger partial charge in [-0.2, -0.15) is 0 Å². The number of hydrogen-bond acceptors (Lipinski definition) is 3. The van der Waals surface area contributed by atoms with Gasteiger partial charge in [0.15, 0.2) is 0 Å². The first-order valence-electron chi connectivity index (χ1n) is 9.78. The summed E-state index contributed by atoms with van der Waals surface area (Å²) in [6.07, 6.45) is 6.82. The molecule has 1 aliphatic carbocycles. The summed E-state index contributed by atoms with van der Waals surface area (Å²) in [4.78, 5) is 27.0. The first-order valence-corrected chi connectivity index (χ1v) is 9.78. The smallest absolute Gasteiger partial charge is 0.338 e. The lowest BCUT2D eigenvalue weighted by Crippen LogP contribution is -2.37. The number of esters is 1. The monoisotopic (exact) mass is 363 g/mol. The third-order valence-corrected chi connectivity index (χ3v) is 5.73. The Kier molecular flexibility index (Phi) is 4.97. The second-order valence-electron chi connectivity index (χ2n) is 7.43. The quantitative estimate of drug-likeness (QED) is 0.778. The summed E-state index contributed by atoms with van der Waals surface area (Å²) in [5.41, 5.74) is 6.27. The first kappa shape index (κ1) is 17.8. The minimum absolute atomic E-state index is 0.0914. The number of amides is 1. The predicted octanol–water partition coefficient (Wildman–Crippen LogP) is 3.87. The molecule has 0 N–H and O–H groups in total. The Morgan fingerprint density at radius 2 is 1.81 bits per heavy atom. The van der Waals surface area contributed by atoms with Crippen LogP contribution in [0.25, 0.3) is 0 Å². The van der Waals surface area contributed by atoms with Gasteiger partial charge in [-0.3, -0.25) is 4.79 Å². The summed E-state index contributed by atoms with van der Waals surface area (Å²) in [7, 11) is 1.39. The van der Waals surface area contributed by atoms with E-state index in [2.05, 4.69) is 18.2 Å². The van der Waals surface area contributed by atoms with Crippen LogP contribution in [0.1, 0.15) is 51.9 Å². The molecule has 27 heavy (non-hydrogen) atoms. The minimum Gasteiger partial charge on any atom is -0.465 e. The molecule has 1 aliphatic heterocycles. The van der Waals surface area contributed by atoms with Gasteiger partial charge in [0, 0.05) is 12.2 Å². The molecule has 4 rings (SSSR count). The molecule has 1 heterocycles. The topological polar surface area (TPSA) is 46.6 Å². The van der Waals surface area contributed by atoms with Gasteiger partial charge in [0.05, 0.1) is 19.1 Å². The van der Waals surface area contributed by atoms with Gasteiger partial charge in [-0.05, 0) is 72.9 Å². The average molecular weight is 363 g/mol. The molecule has 1 amide bonds. The molecule has 4 nitrogen and oxygen atoms in total. The molecular weight excluding hydrogens is 338 g/mol. The van der Waals surface area contributed by atoms with E-state index in [1.54, 1.807) is 6.07 Å². The average Bonchev–Trinajstić information content (AvgIpc) is 2.72. The van der Waals surface area contributed by atoms with Crippen molar-refractivity contribution in [2.24, 2.45) is 0 Å². The molecular formula is C23H25NO3. The molecule has 0 bridgehead atoms. The fourth-order valence-corrected chi connectivity index (χ4v) is 4.35. The molecule has 0 spiro atoms. The van der Waals surface area contributed by atoms with Gasteiger partial charge in [-0.15, -0.1) is 0 Å². The molecule has 0 aromatic heterocycles. The Bertz CT molecular complexity index is 887. The molecule has 0 saturated carbocycles. The molecule has 2 aromatic rings. The summed E-state index contributed by atoms with van der Waals surface area (Å²) >= 11 is 0. The van der Waals surface area contributed by atoms with Crippen molar-refractivity contribution in [1.29, 1.82) is 0 Å². The van der Waals surface area contributed by atoms with Gasteiger partial charge in [0.1, 0.15) is 0 Å². The molecule has 0 saturated heterocycles. The summed E-state index contributed by atoms with van der Waals surface area (Å²) in [5, 5.41) is 0. The van der Waals surface area contributed by atoms with Gasteiger partial charge in [-0.1, -0.05) is 24.3 Å². The molecule has 0 unspecified atom stereocenters. The lowest BCUT2D eigenvalue weighted by Gasteiger charge is -2.30. The Morgan fingerprint density at radius 1 is 1.00 bits per heavy atom. The summed E-state index contributed by atoms with van der Waals surface area (Å²) in [5.74, 6) is -0.246. The highest BCUT2D eigenvalue weighted by atomic mass is 16.5. The molecule has 4 heteroatoms. The zero-order chi connectivity index (χ0) is 18.8. The van der Waals surface area contributed by atoms with Crippen molar-refractivity contribution in [3.63, 3.8) is 0 Å². The van der Waals surface area contributed by atoms with Crippen LogP contribution in [0.2, 0.25) is 0 Å². The second kappa shape index (κ2) is 7.55. The Labute approximate surface area is 160 Å². The van der Waals surface area contributed by atoms with Crippen molar-refractivity contribution in [3.8, 4) is 0 Å². The standard InChI is InChI=1S/C23H25NO3/c1-27-23(26)20-8-4-10-21-19(20)9-5-13-24(21)22(25)15-16-11-12-17-6-2-3-7-18(17)14-16/h4,8,10-12,14H,2-3,5-7,9,13,15H2,1H3.